The molecule has 0 amide bonds. The number of halogens is 2. The average Bonchev–Trinajstić information content (AvgIpc) is 2.70. The number of aromatic nitrogens is 1. The highest BCUT2D eigenvalue weighted by Gasteiger charge is 2.14. The fourth-order valence-corrected chi connectivity index (χ4v) is 3.04. The minimum atomic E-state index is -1.15. The molecule has 1 atom stereocenters. The summed E-state index contributed by atoms with van der Waals surface area (Å²) in [6.45, 7) is 1.84. The molecule has 1 aromatic carbocycles. The van der Waals surface area contributed by atoms with Gasteiger partial charge in [-0.3, -0.25) is 4.21 Å². The summed E-state index contributed by atoms with van der Waals surface area (Å²) in [5.41, 5.74) is 1.82. The Bertz CT molecular complexity index is 610. The molecule has 1 heterocycles. The van der Waals surface area contributed by atoms with Crippen LogP contribution in [0, 0.1) is 6.92 Å². The largest absolute Gasteiger partial charge is 0.361 e. The van der Waals surface area contributed by atoms with Crippen molar-refractivity contribution in [3.8, 4) is 0 Å². The molecule has 0 fully saturated rings. The minimum Gasteiger partial charge on any atom is -0.361 e. The normalized spacial score (nSPS) is 12.7. The van der Waals surface area contributed by atoms with Crippen molar-refractivity contribution in [3.05, 3.63) is 45.3 Å². The Morgan fingerprint density at radius 2 is 2.00 bits per heavy atom. The van der Waals surface area contributed by atoms with Crippen LogP contribution in [-0.2, 0) is 17.2 Å². The van der Waals surface area contributed by atoms with E-state index in [0.29, 0.717) is 21.4 Å². The van der Waals surface area contributed by atoms with Gasteiger partial charge in [-0.25, -0.2) is 0 Å². The number of benzene rings is 1. The van der Waals surface area contributed by atoms with E-state index in [1.54, 1.807) is 18.5 Å². The fourth-order valence-electron chi connectivity index (χ4n) is 1.62. The lowest BCUT2D eigenvalue weighted by Gasteiger charge is -2.08. The summed E-state index contributed by atoms with van der Waals surface area (Å²) in [5.74, 6) is 0.755. The Balaban J connectivity index is 2.39. The molecule has 18 heavy (non-hydrogen) atoms. The minimum absolute atomic E-state index is 0.351. The van der Waals surface area contributed by atoms with E-state index in [1.807, 2.05) is 13.0 Å². The van der Waals surface area contributed by atoms with Crippen LogP contribution in [0.5, 0.6) is 0 Å². The second kappa shape index (κ2) is 5.43. The van der Waals surface area contributed by atoms with Crippen molar-refractivity contribution in [1.29, 1.82) is 0 Å². The van der Waals surface area contributed by atoms with Gasteiger partial charge in [-0.2, -0.15) is 0 Å². The lowest BCUT2D eigenvalue weighted by molar-refractivity contribution is 0.396. The molecule has 0 spiro atoms. The van der Waals surface area contributed by atoms with E-state index in [4.69, 9.17) is 27.7 Å². The highest BCUT2D eigenvalue weighted by atomic mass is 35.5. The molecule has 0 aliphatic heterocycles. The molecule has 0 saturated heterocycles. The van der Waals surface area contributed by atoms with Gasteiger partial charge in [-0.15, -0.1) is 0 Å². The zero-order chi connectivity index (χ0) is 13.3. The van der Waals surface area contributed by atoms with Gasteiger partial charge in [-0.05, 0) is 18.6 Å². The van der Waals surface area contributed by atoms with Crippen LogP contribution in [0.2, 0.25) is 10.0 Å². The summed E-state index contributed by atoms with van der Waals surface area (Å²) in [6.07, 6.45) is 3.82. The van der Waals surface area contributed by atoms with Crippen LogP contribution in [0.4, 0.5) is 0 Å². The van der Waals surface area contributed by atoms with Crippen molar-refractivity contribution < 1.29 is 8.73 Å². The molecule has 2 rings (SSSR count). The standard InChI is InChI=1S/C12H11Cl2NO2S/c1-7-9(6-15-17-7)5-8-3-4-10(18(2)16)12(14)11(8)13/h3-4,6H,5H2,1-2H3. The van der Waals surface area contributed by atoms with Gasteiger partial charge in [0.15, 0.2) is 0 Å². The molecule has 0 N–H and O–H groups in total. The summed E-state index contributed by atoms with van der Waals surface area (Å²) < 4.78 is 16.4. The average molecular weight is 304 g/mol. The number of aryl methyl sites for hydroxylation is 1. The third-order valence-corrected chi connectivity index (χ3v) is 4.66. The summed E-state index contributed by atoms with van der Waals surface area (Å²) in [5, 5.41) is 4.50. The van der Waals surface area contributed by atoms with E-state index in [2.05, 4.69) is 5.16 Å². The van der Waals surface area contributed by atoms with Gasteiger partial charge in [0, 0.05) is 18.2 Å². The van der Waals surface area contributed by atoms with Gasteiger partial charge >= 0.3 is 0 Å². The topological polar surface area (TPSA) is 43.1 Å². The zero-order valence-corrected chi connectivity index (χ0v) is 12.2. The zero-order valence-electron chi connectivity index (χ0n) is 9.87. The van der Waals surface area contributed by atoms with Gasteiger partial charge in [0.05, 0.1) is 31.9 Å². The van der Waals surface area contributed by atoms with E-state index in [-0.39, 0.29) is 0 Å². The monoisotopic (exact) mass is 303 g/mol. The fraction of sp³-hybridized carbons (Fsp3) is 0.250. The molecule has 3 nitrogen and oxygen atoms in total. The summed E-state index contributed by atoms with van der Waals surface area (Å²) in [4.78, 5) is 0.549. The number of hydrogen-bond donors (Lipinski definition) is 0. The number of rotatable bonds is 3. The molecule has 0 radical (unpaired) electrons. The van der Waals surface area contributed by atoms with Crippen LogP contribution in [0.3, 0.4) is 0 Å². The van der Waals surface area contributed by atoms with E-state index >= 15 is 0 Å². The third-order valence-electron chi connectivity index (χ3n) is 2.67. The van der Waals surface area contributed by atoms with Crippen molar-refractivity contribution in [2.24, 2.45) is 0 Å². The number of hydrogen-bond acceptors (Lipinski definition) is 3. The lowest BCUT2D eigenvalue weighted by atomic mass is 10.1. The molecule has 0 saturated carbocycles. The lowest BCUT2D eigenvalue weighted by Crippen LogP contribution is -1.95. The molecule has 1 aromatic heterocycles. The summed E-state index contributed by atoms with van der Waals surface area (Å²) >= 11 is 12.3. The van der Waals surface area contributed by atoms with Gasteiger partial charge in [0.25, 0.3) is 0 Å². The van der Waals surface area contributed by atoms with Crippen molar-refractivity contribution in [1.82, 2.24) is 5.16 Å². The molecule has 0 aliphatic carbocycles. The Kier molecular flexibility index (Phi) is 4.10. The predicted molar refractivity (Wildman–Crippen MR) is 72.8 cm³/mol. The molecule has 0 aliphatic rings. The van der Waals surface area contributed by atoms with Crippen molar-refractivity contribution >= 4 is 34.0 Å². The smallest absolute Gasteiger partial charge is 0.137 e. The van der Waals surface area contributed by atoms with Crippen LogP contribution in [0.25, 0.3) is 0 Å². The van der Waals surface area contributed by atoms with E-state index in [9.17, 15) is 4.21 Å². The third kappa shape index (κ3) is 2.60. The van der Waals surface area contributed by atoms with Gasteiger partial charge in [0.1, 0.15) is 5.76 Å². The maximum Gasteiger partial charge on any atom is 0.137 e. The van der Waals surface area contributed by atoms with Crippen LogP contribution in [0.1, 0.15) is 16.9 Å². The molecule has 1 unspecified atom stereocenters. The van der Waals surface area contributed by atoms with Crippen molar-refractivity contribution in [3.63, 3.8) is 0 Å². The first-order chi connectivity index (χ1) is 8.50. The maximum atomic E-state index is 11.4. The molecular formula is C12H11Cl2NO2S. The Hall–Kier alpha value is -0.840. The Labute approximate surface area is 118 Å². The number of nitrogens with zero attached hydrogens (tertiary/aromatic N) is 1. The van der Waals surface area contributed by atoms with E-state index in [0.717, 1.165) is 16.9 Å². The first-order valence-electron chi connectivity index (χ1n) is 5.21. The second-order valence-electron chi connectivity index (χ2n) is 3.89. The van der Waals surface area contributed by atoms with E-state index < -0.39 is 10.8 Å². The Morgan fingerprint density at radius 1 is 1.28 bits per heavy atom. The predicted octanol–water partition coefficient (Wildman–Crippen LogP) is 3.62. The molecule has 0 bridgehead atoms. The van der Waals surface area contributed by atoms with E-state index in [1.165, 1.54) is 0 Å². The first-order valence-corrected chi connectivity index (χ1v) is 7.52. The van der Waals surface area contributed by atoms with Crippen LogP contribution in [-0.4, -0.2) is 15.6 Å². The summed E-state index contributed by atoms with van der Waals surface area (Å²) in [6, 6.07) is 3.57. The van der Waals surface area contributed by atoms with Crippen LogP contribution >= 0.6 is 23.2 Å². The van der Waals surface area contributed by atoms with Gasteiger partial charge in [0.2, 0.25) is 0 Å². The molecular weight excluding hydrogens is 293 g/mol. The van der Waals surface area contributed by atoms with Gasteiger partial charge < -0.3 is 4.52 Å². The maximum absolute atomic E-state index is 11.4. The van der Waals surface area contributed by atoms with Crippen LogP contribution < -0.4 is 0 Å². The second-order valence-corrected chi connectivity index (χ2v) is 5.99. The summed E-state index contributed by atoms with van der Waals surface area (Å²) in [7, 11) is -1.15. The molecule has 2 aromatic rings. The van der Waals surface area contributed by atoms with Crippen molar-refractivity contribution in [2.75, 3.05) is 6.26 Å². The molecule has 96 valence electrons. The highest BCUT2D eigenvalue weighted by molar-refractivity contribution is 7.84. The molecule has 6 heteroatoms. The highest BCUT2D eigenvalue weighted by Crippen LogP contribution is 2.32. The quantitative estimate of drug-likeness (QED) is 0.870. The Morgan fingerprint density at radius 3 is 2.56 bits per heavy atom. The first kappa shape index (κ1) is 13.6. The van der Waals surface area contributed by atoms with Crippen molar-refractivity contribution in [2.45, 2.75) is 18.2 Å². The van der Waals surface area contributed by atoms with Gasteiger partial charge in [-0.1, -0.05) is 34.4 Å². The van der Waals surface area contributed by atoms with Crippen LogP contribution in [0.15, 0.2) is 27.7 Å². The SMILES string of the molecule is Cc1oncc1Cc1ccc(S(C)=O)c(Cl)c1Cl.